The molecule has 36 heavy (non-hydrogen) atoms. The van der Waals surface area contributed by atoms with Gasteiger partial charge in [0.1, 0.15) is 5.75 Å². The molecule has 0 aromatic heterocycles. The van der Waals surface area contributed by atoms with Gasteiger partial charge in [0.2, 0.25) is 0 Å². The summed E-state index contributed by atoms with van der Waals surface area (Å²) in [5.41, 5.74) is 4.45. The highest BCUT2D eigenvalue weighted by Crippen LogP contribution is 2.31. The van der Waals surface area contributed by atoms with E-state index in [1.165, 1.54) is 5.56 Å². The predicted molar refractivity (Wildman–Crippen MR) is 145 cm³/mol. The molecule has 1 heterocycles. The largest absolute Gasteiger partial charge is 0.497 e. The van der Waals surface area contributed by atoms with E-state index in [-0.39, 0.29) is 23.7 Å². The number of methoxy groups -OCH3 is 1. The average molecular weight is 477 g/mol. The van der Waals surface area contributed by atoms with Crippen molar-refractivity contribution < 1.29 is 14.3 Å². The SMILES string of the molecule is COc1ccc2c(c1)C(CC(=O)c1ccc(NC(=O)c3ccc4ccccc4c3)cc1)=NC(C)(C)C2. The maximum absolute atomic E-state index is 13.2. The number of anilines is 1. The maximum Gasteiger partial charge on any atom is 0.255 e. The van der Waals surface area contributed by atoms with Gasteiger partial charge >= 0.3 is 0 Å². The molecule has 0 fully saturated rings. The van der Waals surface area contributed by atoms with Gasteiger partial charge in [-0.15, -0.1) is 0 Å². The Balaban J connectivity index is 1.31. The van der Waals surface area contributed by atoms with Crippen LogP contribution < -0.4 is 10.1 Å². The number of aliphatic imine (C=N–C) groups is 1. The van der Waals surface area contributed by atoms with Crippen molar-refractivity contribution in [3.05, 3.63) is 107 Å². The number of carbonyl (C=O) groups is 2. The van der Waals surface area contributed by atoms with Crippen molar-refractivity contribution in [2.24, 2.45) is 4.99 Å². The van der Waals surface area contributed by atoms with Crippen LogP contribution in [0.1, 0.15) is 52.1 Å². The third-order valence-corrected chi connectivity index (χ3v) is 6.49. The smallest absolute Gasteiger partial charge is 0.255 e. The molecule has 1 N–H and O–H groups in total. The number of carbonyl (C=O) groups excluding carboxylic acids is 2. The van der Waals surface area contributed by atoms with Gasteiger partial charge in [-0.25, -0.2) is 0 Å². The highest BCUT2D eigenvalue weighted by molar-refractivity contribution is 6.17. The van der Waals surface area contributed by atoms with Crippen molar-refractivity contribution in [3.63, 3.8) is 0 Å². The molecule has 4 aromatic rings. The minimum atomic E-state index is -0.270. The monoisotopic (exact) mass is 476 g/mol. The first kappa shape index (κ1) is 23.5. The molecule has 0 saturated heterocycles. The van der Waals surface area contributed by atoms with Crippen LogP contribution in [0.4, 0.5) is 5.69 Å². The van der Waals surface area contributed by atoms with E-state index in [1.807, 2.05) is 54.6 Å². The zero-order valence-corrected chi connectivity index (χ0v) is 20.7. The fraction of sp³-hybridized carbons (Fsp3) is 0.194. The topological polar surface area (TPSA) is 67.8 Å². The van der Waals surface area contributed by atoms with Gasteiger partial charge in [0.05, 0.1) is 24.8 Å². The van der Waals surface area contributed by atoms with Crippen molar-refractivity contribution in [3.8, 4) is 5.75 Å². The van der Waals surface area contributed by atoms with Gasteiger partial charge in [-0.1, -0.05) is 36.4 Å². The van der Waals surface area contributed by atoms with Crippen molar-refractivity contribution in [1.29, 1.82) is 0 Å². The summed E-state index contributed by atoms with van der Waals surface area (Å²) >= 11 is 0. The lowest BCUT2D eigenvalue weighted by atomic mass is 9.85. The number of fused-ring (bicyclic) bond motifs is 2. The number of amides is 1. The molecular formula is C31H28N2O3. The van der Waals surface area contributed by atoms with Crippen LogP contribution >= 0.6 is 0 Å². The number of hydrogen-bond donors (Lipinski definition) is 1. The Labute approximate surface area is 210 Å². The Morgan fingerprint density at radius 3 is 2.36 bits per heavy atom. The Kier molecular flexibility index (Phi) is 6.15. The molecule has 0 aliphatic carbocycles. The second-order valence-corrected chi connectivity index (χ2v) is 9.76. The summed E-state index contributed by atoms with van der Waals surface area (Å²) in [6, 6.07) is 26.5. The average Bonchev–Trinajstić information content (AvgIpc) is 2.88. The number of ketones is 1. The molecular weight excluding hydrogens is 448 g/mol. The summed E-state index contributed by atoms with van der Waals surface area (Å²) in [4.78, 5) is 30.8. The molecule has 5 nitrogen and oxygen atoms in total. The minimum absolute atomic E-state index is 0.0207. The summed E-state index contributed by atoms with van der Waals surface area (Å²) in [5, 5.41) is 5.02. The van der Waals surface area contributed by atoms with Crippen LogP contribution in [0.3, 0.4) is 0 Å². The lowest BCUT2D eigenvalue weighted by Gasteiger charge is -2.29. The molecule has 1 amide bonds. The summed E-state index contributed by atoms with van der Waals surface area (Å²) in [6.45, 7) is 4.16. The number of hydrogen-bond acceptors (Lipinski definition) is 4. The van der Waals surface area contributed by atoms with E-state index in [9.17, 15) is 9.59 Å². The molecule has 4 aromatic carbocycles. The highest BCUT2D eigenvalue weighted by Gasteiger charge is 2.28. The number of nitrogens with zero attached hydrogens (tertiary/aromatic N) is 1. The van der Waals surface area contributed by atoms with E-state index in [1.54, 1.807) is 31.4 Å². The van der Waals surface area contributed by atoms with E-state index in [0.717, 1.165) is 34.2 Å². The molecule has 0 bridgehead atoms. The van der Waals surface area contributed by atoms with Crippen LogP contribution in [0.15, 0.2) is 89.9 Å². The van der Waals surface area contributed by atoms with Gasteiger partial charge in [0.25, 0.3) is 5.91 Å². The molecule has 1 aliphatic heterocycles. The normalized spacial score (nSPS) is 14.0. The van der Waals surface area contributed by atoms with Crippen LogP contribution in [0, 0.1) is 0 Å². The fourth-order valence-corrected chi connectivity index (χ4v) is 4.70. The first-order valence-electron chi connectivity index (χ1n) is 12.0. The third-order valence-electron chi connectivity index (χ3n) is 6.49. The van der Waals surface area contributed by atoms with Gasteiger partial charge in [0, 0.05) is 22.4 Å². The zero-order chi connectivity index (χ0) is 25.3. The molecule has 5 heteroatoms. The third kappa shape index (κ3) is 4.91. The van der Waals surface area contributed by atoms with Crippen LogP contribution in [0.2, 0.25) is 0 Å². The second-order valence-electron chi connectivity index (χ2n) is 9.76. The quantitative estimate of drug-likeness (QED) is 0.323. The Hall–Kier alpha value is -4.25. The van der Waals surface area contributed by atoms with E-state index < -0.39 is 0 Å². The maximum atomic E-state index is 13.2. The number of nitrogens with one attached hydrogen (secondary N) is 1. The lowest BCUT2D eigenvalue weighted by Crippen LogP contribution is -2.30. The predicted octanol–water partition coefficient (Wildman–Crippen LogP) is 6.50. The molecule has 0 unspecified atom stereocenters. The van der Waals surface area contributed by atoms with E-state index in [4.69, 9.17) is 9.73 Å². The Bertz CT molecular complexity index is 1500. The van der Waals surface area contributed by atoms with Crippen LogP contribution in [-0.4, -0.2) is 30.1 Å². The molecule has 0 spiro atoms. The van der Waals surface area contributed by atoms with Crippen molar-refractivity contribution in [2.75, 3.05) is 12.4 Å². The van der Waals surface area contributed by atoms with Gasteiger partial charge in [-0.3, -0.25) is 14.6 Å². The van der Waals surface area contributed by atoms with Crippen molar-refractivity contribution in [1.82, 2.24) is 0 Å². The van der Waals surface area contributed by atoms with E-state index in [2.05, 4.69) is 25.2 Å². The number of Topliss-reactive ketones (excluding diaryl/α,β-unsaturated/α-hetero) is 1. The van der Waals surface area contributed by atoms with Gasteiger partial charge in [-0.05, 0) is 85.1 Å². The molecule has 0 atom stereocenters. The second kappa shape index (κ2) is 9.42. The van der Waals surface area contributed by atoms with E-state index >= 15 is 0 Å². The van der Waals surface area contributed by atoms with Crippen LogP contribution in [0.25, 0.3) is 10.8 Å². The van der Waals surface area contributed by atoms with Gasteiger partial charge in [0.15, 0.2) is 5.78 Å². The number of benzene rings is 4. The van der Waals surface area contributed by atoms with Crippen LogP contribution in [0.5, 0.6) is 5.75 Å². The first-order chi connectivity index (χ1) is 17.3. The van der Waals surface area contributed by atoms with Gasteiger partial charge in [-0.2, -0.15) is 0 Å². The zero-order valence-electron chi connectivity index (χ0n) is 20.7. The van der Waals surface area contributed by atoms with E-state index in [0.29, 0.717) is 16.8 Å². The highest BCUT2D eigenvalue weighted by atomic mass is 16.5. The number of rotatable bonds is 6. The summed E-state index contributed by atoms with van der Waals surface area (Å²) in [6.07, 6.45) is 1.02. The fourth-order valence-electron chi connectivity index (χ4n) is 4.70. The van der Waals surface area contributed by atoms with Crippen molar-refractivity contribution in [2.45, 2.75) is 32.2 Å². The molecule has 5 rings (SSSR count). The minimum Gasteiger partial charge on any atom is -0.497 e. The summed E-state index contributed by atoms with van der Waals surface area (Å²) in [5.74, 6) is 0.539. The lowest BCUT2D eigenvalue weighted by molar-refractivity contribution is 0.0998. The Morgan fingerprint density at radius 2 is 1.61 bits per heavy atom. The van der Waals surface area contributed by atoms with Crippen LogP contribution in [-0.2, 0) is 6.42 Å². The molecule has 1 aliphatic rings. The molecule has 0 saturated carbocycles. The summed E-state index contributed by atoms with van der Waals surface area (Å²) < 4.78 is 5.39. The molecule has 180 valence electrons. The van der Waals surface area contributed by atoms with Crippen molar-refractivity contribution >= 4 is 33.9 Å². The van der Waals surface area contributed by atoms with Gasteiger partial charge < -0.3 is 10.1 Å². The Morgan fingerprint density at radius 1 is 0.889 bits per heavy atom. The standard InChI is InChI=1S/C31H28N2O3/c1-31(2)19-24-12-15-26(36-3)17-27(24)28(33-31)18-29(34)21-10-13-25(14-11-21)32-30(35)23-9-8-20-6-4-5-7-22(20)16-23/h4-17H,18-19H2,1-3H3,(H,32,35). The first-order valence-corrected chi connectivity index (χ1v) is 12.0. The number of ether oxygens (including phenoxy) is 1. The molecule has 0 radical (unpaired) electrons. The summed E-state index contributed by atoms with van der Waals surface area (Å²) in [7, 11) is 1.64.